The van der Waals surface area contributed by atoms with E-state index >= 15 is 0 Å². The molecular weight excluding hydrogens is 249 g/mol. The van der Waals surface area contributed by atoms with Crippen LogP contribution in [-0.2, 0) is 0 Å². The molecule has 16 heavy (non-hydrogen) atoms. The van der Waals surface area contributed by atoms with Gasteiger partial charge in [0.1, 0.15) is 5.71 Å². The summed E-state index contributed by atoms with van der Waals surface area (Å²) < 4.78 is 0. The van der Waals surface area contributed by atoms with E-state index in [0.717, 1.165) is 0 Å². The Balaban J connectivity index is 2.38. The van der Waals surface area contributed by atoms with E-state index in [1.54, 1.807) is 18.2 Å². The molecule has 0 amide bonds. The molecule has 2 rings (SSSR count). The smallest absolute Gasteiger partial charge is 0.254 e. The van der Waals surface area contributed by atoms with Crippen molar-refractivity contribution in [3.05, 3.63) is 33.8 Å². The van der Waals surface area contributed by atoms with Gasteiger partial charge in [0.2, 0.25) is 0 Å². The Morgan fingerprint density at radius 3 is 2.62 bits per heavy atom. The third kappa shape index (κ3) is 2.17. The van der Waals surface area contributed by atoms with Crippen LogP contribution in [0.3, 0.4) is 0 Å². The molecule has 5 N–H and O–H groups in total. The lowest BCUT2D eigenvalue weighted by Crippen LogP contribution is -2.59. The van der Waals surface area contributed by atoms with Crippen molar-refractivity contribution in [2.45, 2.75) is 5.91 Å². The number of nitrogens with two attached hydrogens (primary N) is 2. The zero-order valence-electron chi connectivity index (χ0n) is 8.11. The number of nitrogens with zero attached hydrogens (tertiary/aromatic N) is 2. The lowest BCUT2D eigenvalue weighted by Gasteiger charge is -2.22. The summed E-state index contributed by atoms with van der Waals surface area (Å²) in [4.78, 5) is 3.88. The quantitative estimate of drug-likeness (QED) is 0.654. The fraction of sp³-hybridized carbons (Fsp3) is 0.111. The highest BCUT2D eigenvalue weighted by Crippen LogP contribution is 2.26. The molecule has 5 nitrogen and oxygen atoms in total. The highest BCUT2D eigenvalue weighted by Gasteiger charge is 2.20. The molecule has 1 aromatic rings. The molecule has 0 spiro atoms. The molecule has 0 saturated heterocycles. The van der Waals surface area contributed by atoms with Gasteiger partial charge in [-0.05, 0) is 6.07 Å². The Bertz CT molecular complexity index is 481. The van der Waals surface area contributed by atoms with E-state index in [0.29, 0.717) is 21.3 Å². The van der Waals surface area contributed by atoms with Gasteiger partial charge in [-0.15, -0.1) is 0 Å². The van der Waals surface area contributed by atoms with Gasteiger partial charge in [-0.1, -0.05) is 35.3 Å². The third-order valence-corrected chi connectivity index (χ3v) is 2.80. The molecule has 0 aliphatic carbocycles. The highest BCUT2D eigenvalue weighted by molar-refractivity contribution is 6.48. The summed E-state index contributed by atoms with van der Waals surface area (Å²) >= 11 is 11.9. The molecule has 0 atom stereocenters. The number of hydrogen-bond donors (Lipinski definition) is 3. The number of nitrogens with one attached hydrogen (secondary N) is 1. The Morgan fingerprint density at radius 2 is 2.00 bits per heavy atom. The molecule has 0 radical (unpaired) electrons. The molecule has 84 valence electrons. The van der Waals surface area contributed by atoms with Crippen LogP contribution in [0.25, 0.3) is 0 Å². The van der Waals surface area contributed by atoms with Gasteiger partial charge in [0.15, 0.2) is 0 Å². The molecule has 0 aromatic heterocycles. The van der Waals surface area contributed by atoms with Crippen LogP contribution in [-0.4, -0.2) is 17.8 Å². The largest absolute Gasteiger partial charge is 0.275 e. The van der Waals surface area contributed by atoms with Crippen LogP contribution in [0.2, 0.25) is 10.0 Å². The summed E-state index contributed by atoms with van der Waals surface area (Å²) in [5, 5.41) is 4.84. The number of hydrogen-bond acceptors (Lipinski definition) is 5. The maximum absolute atomic E-state index is 6.03. The van der Waals surface area contributed by atoms with Crippen LogP contribution in [0.15, 0.2) is 28.3 Å². The maximum atomic E-state index is 6.03. The molecule has 0 unspecified atom stereocenters. The summed E-state index contributed by atoms with van der Waals surface area (Å²) in [5.74, 6) is -1.37. The average Bonchev–Trinajstić information content (AvgIpc) is 2.23. The van der Waals surface area contributed by atoms with Gasteiger partial charge in [0, 0.05) is 5.56 Å². The van der Waals surface area contributed by atoms with Crippen molar-refractivity contribution in [3.63, 3.8) is 0 Å². The Labute approximate surface area is 102 Å². The zero-order valence-corrected chi connectivity index (χ0v) is 9.63. The number of halogens is 2. The number of benzene rings is 1. The van der Waals surface area contributed by atoms with Gasteiger partial charge >= 0.3 is 0 Å². The molecule has 1 aliphatic heterocycles. The van der Waals surface area contributed by atoms with Crippen molar-refractivity contribution in [3.8, 4) is 0 Å². The fourth-order valence-electron chi connectivity index (χ4n) is 1.21. The number of hydrazone groups is 1. The summed E-state index contributed by atoms with van der Waals surface area (Å²) in [6.07, 6.45) is 1.45. The van der Waals surface area contributed by atoms with Gasteiger partial charge in [-0.2, -0.15) is 5.10 Å². The molecule has 0 saturated carbocycles. The summed E-state index contributed by atoms with van der Waals surface area (Å²) in [6, 6.07) is 5.24. The first-order valence-electron chi connectivity index (χ1n) is 4.42. The molecule has 1 aliphatic rings. The second kappa shape index (κ2) is 4.03. The van der Waals surface area contributed by atoms with Gasteiger partial charge in [-0.25, -0.2) is 4.99 Å². The highest BCUT2D eigenvalue weighted by atomic mass is 35.5. The maximum Gasteiger partial charge on any atom is 0.254 e. The second-order valence-corrected chi connectivity index (χ2v) is 4.08. The van der Waals surface area contributed by atoms with E-state index in [1.165, 1.54) is 6.21 Å². The number of rotatable bonds is 1. The minimum Gasteiger partial charge on any atom is -0.275 e. The van der Waals surface area contributed by atoms with Crippen molar-refractivity contribution in [2.24, 2.45) is 21.6 Å². The molecular formula is C9H9Cl2N5. The first-order valence-corrected chi connectivity index (χ1v) is 5.17. The van der Waals surface area contributed by atoms with Crippen LogP contribution in [0.4, 0.5) is 0 Å². The van der Waals surface area contributed by atoms with Gasteiger partial charge < -0.3 is 0 Å². The summed E-state index contributed by atoms with van der Waals surface area (Å²) in [6.45, 7) is 0. The van der Waals surface area contributed by atoms with Crippen molar-refractivity contribution >= 4 is 35.1 Å². The third-order valence-electron chi connectivity index (χ3n) is 1.98. The van der Waals surface area contributed by atoms with E-state index in [9.17, 15) is 0 Å². The summed E-state index contributed by atoms with van der Waals surface area (Å²) in [5.41, 5.74) is 14.7. The Kier molecular flexibility index (Phi) is 2.86. The second-order valence-electron chi connectivity index (χ2n) is 3.29. The Morgan fingerprint density at radius 1 is 1.25 bits per heavy atom. The van der Waals surface area contributed by atoms with Gasteiger partial charge in [-0.3, -0.25) is 16.9 Å². The van der Waals surface area contributed by atoms with Crippen LogP contribution >= 0.6 is 23.2 Å². The standard InChI is InChI=1S/C9H9Cl2N5/c10-6-3-1-2-5(8(6)11)7-4-14-9(12,13)16-15-7/h1-4,16H,12-13H2. The van der Waals surface area contributed by atoms with Crippen LogP contribution in [0.1, 0.15) is 5.56 Å². The predicted molar refractivity (Wildman–Crippen MR) is 65.7 cm³/mol. The first kappa shape index (κ1) is 11.3. The first-order chi connectivity index (χ1) is 7.49. The van der Waals surface area contributed by atoms with E-state index in [1.807, 2.05) is 0 Å². The topological polar surface area (TPSA) is 88.8 Å². The van der Waals surface area contributed by atoms with Crippen molar-refractivity contribution in [1.29, 1.82) is 0 Å². The van der Waals surface area contributed by atoms with E-state index < -0.39 is 5.91 Å². The average molecular weight is 258 g/mol. The molecule has 1 aromatic carbocycles. The SMILES string of the molecule is NC1(N)N=CC(c2cccc(Cl)c2Cl)=NN1. The fourth-order valence-corrected chi connectivity index (χ4v) is 1.60. The molecule has 0 bridgehead atoms. The van der Waals surface area contributed by atoms with Crippen LogP contribution < -0.4 is 16.9 Å². The molecule has 0 fully saturated rings. The molecule has 1 heterocycles. The monoisotopic (exact) mass is 257 g/mol. The van der Waals surface area contributed by atoms with Crippen molar-refractivity contribution in [2.75, 3.05) is 0 Å². The van der Waals surface area contributed by atoms with E-state index in [2.05, 4.69) is 15.5 Å². The van der Waals surface area contributed by atoms with Crippen molar-refractivity contribution in [1.82, 2.24) is 5.43 Å². The minimum atomic E-state index is -1.37. The van der Waals surface area contributed by atoms with E-state index in [4.69, 9.17) is 34.7 Å². The van der Waals surface area contributed by atoms with Crippen LogP contribution in [0.5, 0.6) is 0 Å². The lowest BCUT2D eigenvalue weighted by atomic mass is 10.1. The van der Waals surface area contributed by atoms with E-state index in [-0.39, 0.29) is 0 Å². The minimum absolute atomic E-state index is 0.415. The van der Waals surface area contributed by atoms with Crippen molar-refractivity contribution < 1.29 is 0 Å². The predicted octanol–water partition coefficient (Wildman–Crippen LogP) is 0.900. The normalized spacial score (nSPS) is 17.9. The summed E-state index contributed by atoms with van der Waals surface area (Å²) in [7, 11) is 0. The number of aliphatic imine (C=N–C) groups is 1. The molecule has 7 heteroatoms. The van der Waals surface area contributed by atoms with Gasteiger partial charge in [0.05, 0.1) is 16.3 Å². The lowest BCUT2D eigenvalue weighted by molar-refractivity contribution is 0.372. The van der Waals surface area contributed by atoms with Crippen LogP contribution in [0, 0.1) is 0 Å². The van der Waals surface area contributed by atoms with Gasteiger partial charge in [0.25, 0.3) is 5.91 Å². The zero-order chi connectivity index (χ0) is 11.8. The Hall–Kier alpha value is -1.14.